The molecule has 3 heterocycles. The number of ether oxygens (including phenoxy) is 1. The van der Waals surface area contributed by atoms with Gasteiger partial charge in [0.2, 0.25) is 5.88 Å². The van der Waals surface area contributed by atoms with Gasteiger partial charge in [0.15, 0.2) is 11.4 Å². The zero-order chi connectivity index (χ0) is 23.0. The first-order valence-corrected chi connectivity index (χ1v) is 10.6. The van der Waals surface area contributed by atoms with Gasteiger partial charge in [-0.2, -0.15) is 0 Å². The molecular formula is C25H20ClN5O2. The van der Waals surface area contributed by atoms with Crippen LogP contribution in [0.4, 0.5) is 0 Å². The highest BCUT2D eigenvalue weighted by Crippen LogP contribution is 2.42. The molecule has 0 fully saturated rings. The number of nitrogens with one attached hydrogen (secondary N) is 1. The van der Waals surface area contributed by atoms with Crippen molar-refractivity contribution in [1.29, 1.82) is 0 Å². The minimum atomic E-state index is -1.67. The number of hydrogen-bond acceptors (Lipinski definition) is 6. The number of aryl methyl sites for hydroxylation is 1. The lowest BCUT2D eigenvalue weighted by Crippen LogP contribution is -2.31. The van der Waals surface area contributed by atoms with E-state index in [9.17, 15) is 5.11 Å². The summed E-state index contributed by atoms with van der Waals surface area (Å²) < 4.78 is 5.55. The maximum atomic E-state index is 12.0. The predicted molar refractivity (Wildman–Crippen MR) is 126 cm³/mol. The SMILES string of the molecule is COc1nc2ccc(C(O)(c3ncccn3)c3cnc(C)[nH]3)cc2c(Cl)c1-c1ccccc1. The lowest BCUT2D eigenvalue weighted by molar-refractivity contribution is 0.111. The molecule has 0 saturated carbocycles. The average Bonchev–Trinajstić information content (AvgIpc) is 3.31. The third-order valence-corrected chi connectivity index (χ3v) is 5.94. The Morgan fingerprint density at radius 2 is 1.76 bits per heavy atom. The second kappa shape index (κ2) is 8.27. The Morgan fingerprint density at radius 3 is 2.42 bits per heavy atom. The monoisotopic (exact) mass is 457 g/mol. The summed E-state index contributed by atoms with van der Waals surface area (Å²) in [6.45, 7) is 1.81. The van der Waals surface area contributed by atoms with Crippen LogP contribution in [0.15, 0.2) is 73.2 Å². The van der Waals surface area contributed by atoms with Gasteiger partial charge in [0.25, 0.3) is 0 Å². The Bertz CT molecular complexity index is 1440. The largest absolute Gasteiger partial charge is 0.480 e. The fourth-order valence-electron chi connectivity index (χ4n) is 3.93. The molecular weight excluding hydrogens is 438 g/mol. The van der Waals surface area contributed by atoms with Crippen molar-refractivity contribution in [1.82, 2.24) is 24.9 Å². The van der Waals surface area contributed by atoms with E-state index in [0.717, 1.165) is 5.56 Å². The normalized spacial score (nSPS) is 13.1. The summed E-state index contributed by atoms with van der Waals surface area (Å²) in [4.78, 5) is 20.7. The van der Waals surface area contributed by atoms with Gasteiger partial charge < -0.3 is 14.8 Å². The van der Waals surface area contributed by atoms with Crippen LogP contribution in [0.5, 0.6) is 5.88 Å². The van der Waals surface area contributed by atoms with E-state index in [4.69, 9.17) is 16.3 Å². The number of aromatic nitrogens is 5. The van der Waals surface area contributed by atoms with Crippen molar-refractivity contribution in [2.45, 2.75) is 12.5 Å². The van der Waals surface area contributed by atoms with Crippen LogP contribution in [-0.4, -0.2) is 37.1 Å². The minimum Gasteiger partial charge on any atom is -0.480 e. The molecule has 0 aliphatic rings. The molecule has 1 unspecified atom stereocenters. The Morgan fingerprint density at radius 1 is 1.00 bits per heavy atom. The fourth-order valence-corrected chi connectivity index (χ4v) is 4.27. The zero-order valence-electron chi connectivity index (χ0n) is 18.0. The fraction of sp³-hybridized carbons (Fsp3) is 0.120. The molecule has 0 aliphatic heterocycles. The van der Waals surface area contributed by atoms with E-state index < -0.39 is 5.60 Å². The van der Waals surface area contributed by atoms with E-state index in [-0.39, 0.29) is 5.82 Å². The molecule has 7 nitrogen and oxygen atoms in total. The van der Waals surface area contributed by atoms with Crippen molar-refractivity contribution >= 4 is 22.5 Å². The van der Waals surface area contributed by atoms with Crippen LogP contribution in [0.2, 0.25) is 5.02 Å². The number of rotatable bonds is 5. The third-order valence-electron chi connectivity index (χ3n) is 5.54. The van der Waals surface area contributed by atoms with Gasteiger partial charge in [-0.1, -0.05) is 48.0 Å². The van der Waals surface area contributed by atoms with Crippen molar-refractivity contribution in [3.63, 3.8) is 0 Å². The lowest BCUT2D eigenvalue weighted by atomic mass is 9.88. The van der Waals surface area contributed by atoms with Crippen LogP contribution in [-0.2, 0) is 5.60 Å². The number of pyridine rings is 1. The number of hydrogen-bond donors (Lipinski definition) is 2. The summed E-state index contributed by atoms with van der Waals surface area (Å²) >= 11 is 6.93. The molecule has 164 valence electrons. The van der Waals surface area contributed by atoms with Crippen LogP contribution in [0.3, 0.4) is 0 Å². The topological polar surface area (TPSA) is 96.8 Å². The van der Waals surface area contributed by atoms with Gasteiger partial charge in [0.05, 0.1) is 35.1 Å². The van der Waals surface area contributed by atoms with Gasteiger partial charge in [0, 0.05) is 17.8 Å². The Hall–Kier alpha value is -3.81. The van der Waals surface area contributed by atoms with Crippen molar-refractivity contribution in [3.05, 3.63) is 101 Å². The molecule has 5 aromatic rings. The quantitative estimate of drug-likeness (QED) is 0.398. The van der Waals surface area contributed by atoms with Crippen molar-refractivity contribution in [2.75, 3.05) is 7.11 Å². The Balaban J connectivity index is 1.78. The number of aliphatic hydroxyl groups is 1. The molecule has 0 saturated heterocycles. The van der Waals surface area contributed by atoms with Gasteiger partial charge in [-0.25, -0.2) is 19.9 Å². The first-order valence-electron chi connectivity index (χ1n) is 10.3. The molecule has 1 atom stereocenters. The average molecular weight is 458 g/mol. The Kier molecular flexibility index (Phi) is 5.28. The third kappa shape index (κ3) is 3.51. The molecule has 2 N–H and O–H groups in total. The molecule has 0 amide bonds. The van der Waals surface area contributed by atoms with Crippen LogP contribution in [0.1, 0.15) is 22.9 Å². The van der Waals surface area contributed by atoms with Gasteiger partial charge in [-0.3, -0.25) is 0 Å². The number of methoxy groups -OCH3 is 1. The number of benzene rings is 2. The highest BCUT2D eigenvalue weighted by molar-refractivity contribution is 6.38. The van der Waals surface area contributed by atoms with Crippen LogP contribution >= 0.6 is 11.6 Å². The van der Waals surface area contributed by atoms with Gasteiger partial charge in [-0.15, -0.1) is 0 Å². The van der Waals surface area contributed by atoms with Gasteiger partial charge in [-0.05, 0) is 36.2 Å². The van der Waals surface area contributed by atoms with Crippen molar-refractivity contribution in [3.8, 4) is 17.0 Å². The van der Waals surface area contributed by atoms with Crippen LogP contribution in [0.25, 0.3) is 22.0 Å². The first-order chi connectivity index (χ1) is 16.0. The second-order valence-corrected chi connectivity index (χ2v) is 7.95. The van der Waals surface area contributed by atoms with Crippen LogP contribution < -0.4 is 4.74 Å². The molecule has 3 aromatic heterocycles. The maximum Gasteiger partial charge on any atom is 0.223 e. The summed E-state index contributed by atoms with van der Waals surface area (Å²) in [6.07, 6.45) is 4.76. The number of halogens is 1. The first kappa shape index (κ1) is 21.1. The smallest absolute Gasteiger partial charge is 0.223 e. The number of nitrogens with zero attached hydrogens (tertiary/aromatic N) is 4. The van der Waals surface area contributed by atoms with E-state index in [1.807, 2.05) is 43.3 Å². The summed E-state index contributed by atoms with van der Waals surface area (Å²) in [5, 5.41) is 13.1. The van der Waals surface area contributed by atoms with Gasteiger partial charge in [0.1, 0.15) is 5.82 Å². The summed E-state index contributed by atoms with van der Waals surface area (Å²) in [5.74, 6) is 1.31. The predicted octanol–water partition coefficient (Wildman–Crippen LogP) is 4.67. The molecule has 8 heteroatoms. The van der Waals surface area contributed by atoms with E-state index in [2.05, 4.69) is 24.9 Å². The number of H-pyrrole nitrogens is 1. The lowest BCUT2D eigenvalue weighted by Gasteiger charge is -2.26. The summed E-state index contributed by atoms with van der Waals surface area (Å²) in [5.41, 5.74) is 1.50. The molecule has 0 aliphatic carbocycles. The van der Waals surface area contributed by atoms with Crippen molar-refractivity contribution in [2.24, 2.45) is 0 Å². The van der Waals surface area contributed by atoms with E-state index in [1.54, 1.807) is 43.9 Å². The van der Waals surface area contributed by atoms with Crippen molar-refractivity contribution < 1.29 is 9.84 Å². The number of imidazole rings is 1. The van der Waals surface area contributed by atoms with E-state index in [1.165, 1.54) is 0 Å². The zero-order valence-corrected chi connectivity index (χ0v) is 18.7. The standard InChI is InChI=1S/C25H20ClN5O2/c1-15-29-14-20(30-15)25(32,24-27-11-6-12-28-24)17-9-10-19-18(13-17)22(26)21(23(31-19)33-2)16-7-4-3-5-8-16/h3-14,32H,1-2H3,(H,29,30). The number of aromatic amines is 1. The van der Waals surface area contributed by atoms with E-state index >= 15 is 0 Å². The van der Waals surface area contributed by atoms with Crippen LogP contribution in [0, 0.1) is 6.92 Å². The highest BCUT2D eigenvalue weighted by Gasteiger charge is 2.39. The molecule has 0 bridgehead atoms. The molecule has 33 heavy (non-hydrogen) atoms. The second-order valence-electron chi connectivity index (χ2n) is 7.57. The summed E-state index contributed by atoms with van der Waals surface area (Å²) in [7, 11) is 1.57. The van der Waals surface area contributed by atoms with E-state index in [0.29, 0.717) is 44.5 Å². The molecule has 2 aromatic carbocycles. The van der Waals surface area contributed by atoms with Gasteiger partial charge >= 0.3 is 0 Å². The molecule has 5 rings (SSSR count). The minimum absolute atomic E-state index is 0.217. The summed E-state index contributed by atoms with van der Waals surface area (Å²) in [6, 6.07) is 16.8. The maximum absolute atomic E-state index is 12.0. The Labute approximate surface area is 195 Å². The number of fused-ring (bicyclic) bond motifs is 1. The molecule has 0 radical (unpaired) electrons. The molecule has 0 spiro atoms. The highest BCUT2D eigenvalue weighted by atomic mass is 35.5.